The van der Waals surface area contributed by atoms with Gasteiger partial charge in [-0.3, -0.25) is 4.79 Å². The maximum Gasteiger partial charge on any atom is 0.274 e. The summed E-state index contributed by atoms with van der Waals surface area (Å²) >= 11 is 0. The van der Waals surface area contributed by atoms with Gasteiger partial charge in [0, 0.05) is 39.3 Å². The molecule has 3 heterocycles. The normalized spacial score (nSPS) is 17.7. The zero-order chi connectivity index (χ0) is 17.9. The van der Waals surface area contributed by atoms with Crippen molar-refractivity contribution in [1.82, 2.24) is 15.1 Å². The molecule has 2 aromatic rings. The van der Waals surface area contributed by atoms with Crippen LogP contribution in [0, 0.1) is 5.82 Å². The van der Waals surface area contributed by atoms with E-state index in [4.69, 9.17) is 0 Å². The molecule has 2 aliphatic heterocycles. The fourth-order valence-electron chi connectivity index (χ4n) is 3.57. The number of amides is 1. The Morgan fingerprint density at radius 3 is 2.19 bits per heavy atom. The number of carbonyl (C=O) groups is 1. The zero-order valence-corrected chi connectivity index (χ0v) is 14.6. The fraction of sp³-hybridized carbons (Fsp3) is 0.421. The largest absolute Gasteiger partial charge is 0.366 e. The van der Waals surface area contributed by atoms with Gasteiger partial charge in [0.1, 0.15) is 5.82 Å². The second kappa shape index (κ2) is 7.27. The third kappa shape index (κ3) is 3.34. The van der Waals surface area contributed by atoms with Crippen LogP contribution in [-0.2, 0) is 0 Å². The van der Waals surface area contributed by atoms with Crippen LogP contribution in [0.5, 0.6) is 0 Å². The number of hydrogen-bond acceptors (Lipinski definition) is 5. The van der Waals surface area contributed by atoms with Gasteiger partial charge < -0.3 is 14.7 Å². The van der Waals surface area contributed by atoms with E-state index in [0.717, 1.165) is 57.9 Å². The summed E-state index contributed by atoms with van der Waals surface area (Å²) in [6.07, 6.45) is 2.12. The van der Waals surface area contributed by atoms with Gasteiger partial charge in [0.2, 0.25) is 0 Å². The number of likely N-dealkylation sites (tertiary alicyclic amines) is 1. The lowest BCUT2D eigenvalue weighted by atomic mass is 10.2. The molecule has 7 heteroatoms. The molecule has 136 valence electrons. The Hall–Kier alpha value is -2.70. The lowest BCUT2D eigenvalue weighted by Gasteiger charge is -2.36. The highest BCUT2D eigenvalue weighted by molar-refractivity contribution is 5.92. The molecule has 2 fully saturated rings. The SMILES string of the molecule is O=C(c1ccc(N2CCN(c3ccccc3F)CC2)nn1)N1CCCC1. The van der Waals surface area contributed by atoms with Crippen molar-refractivity contribution >= 4 is 17.4 Å². The first-order valence-corrected chi connectivity index (χ1v) is 9.10. The summed E-state index contributed by atoms with van der Waals surface area (Å²) in [4.78, 5) is 18.3. The minimum atomic E-state index is -0.189. The van der Waals surface area contributed by atoms with E-state index in [1.54, 1.807) is 12.1 Å². The number of para-hydroxylation sites is 1. The first kappa shape index (κ1) is 16.8. The molecule has 0 radical (unpaired) electrons. The van der Waals surface area contributed by atoms with Crippen LogP contribution >= 0.6 is 0 Å². The highest BCUT2D eigenvalue weighted by Crippen LogP contribution is 2.22. The van der Waals surface area contributed by atoms with Gasteiger partial charge in [0.05, 0.1) is 5.69 Å². The van der Waals surface area contributed by atoms with Crippen molar-refractivity contribution in [2.24, 2.45) is 0 Å². The van der Waals surface area contributed by atoms with E-state index in [9.17, 15) is 9.18 Å². The lowest BCUT2D eigenvalue weighted by Crippen LogP contribution is -2.47. The van der Waals surface area contributed by atoms with Crippen LogP contribution in [0.1, 0.15) is 23.3 Å². The van der Waals surface area contributed by atoms with Crippen LogP contribution < -0.4 is 9.80 Å². The van der Waals surface area contributed by atoms with Crippen molar-refractivity contribution in [3.05, 3.63) is 47.9 Å². The number of anilines is 2. The molecule has 1 aromatic heterocycles. The van der Waals surface area contributed by atoms with E-state index in [1.165, 1.54) is 6.07 Å². The van der Waals surface area contributed by atoms with Gasteiger partial charge in [0.15, 0.2) is 11.5 Å². The molecule has 0 bridgehead atoms. The number of benzene rings is 1. The second-order valence-corrected chi connectivity index (χ2v) is 6.70. The van der Waals surface area contributed by atoms with Gasteiger partial charge in [-0.05, 0) is 37.1 Å². The Morgan fingerprint density at radius 1 is 0.846 bits per heavy atom. The number of halogens is 1. The van der Waals surface area contributed by atoms with Gasteiger partial charge in [0.25, 0.3) is 5.91 Å². The van der Waals surface area contributed by atoms with Crippen LogP contribution in [0.15, 0.2) is 36.4 Å². The monoisotopic (exact) mass is 355 g/mol. The van der Waals surface area contributed by atoms with Gasteiger partial charge in [-0.2, -0.15) is 0 Å². The summed E-state index contributed by atoms with van der Waals surface area (Å²) in [5.41, 5.74) is 1.05. The van der Waals surface area contributed by atoms with Crippen LogP contribution in [0.4, 0.5) is 15.9 Å². The number of hydrogen-bond donors (Lipinski definition) is 0. The number of aromatic nitrogens is 2. The lowest BCUT2D eigenvalue weighted by molar-refractivity contribution is 0.0786. The number of carbonyl (C=O) groups excluding carboxylic acids is 1. The molecular formula is C19H22FN5O. The molecule has 0 unspecified atom stereocenters. The highest BCUT2D eigenvalue weighted by Gasteiger charge is 2.23. The first-order chi connectivity index (χ1) is 12.7. The summed E-state index contributed by atoms with van der Waals surface area (Å²) in [6, 6.07) is 10.5. The summed E-state index contributed by atoms with van der Waals surface area (Å²) in [7, 11) is 0. The molecule has 2 aliphatic rings. The van der Waals surface area contributed by atoms with Crippen LogP contribution in [0.25, 0.3) is 0 Å². The second-order valence-electron chi connectivity index (χ2n) is 6.70. The van der Waals surface area contributed by atoms with Crippen LogP contribution in [0.2, 0.25) is 0 Å². The molecule has 0 N–H and O–H groups in total. The predicted molar refractivity (Wildman–Crippen MR) is 98.0 cm³/mol. The third-order valence-corrected chi connectivity index (χ3v) is 5.06. The Bertz CT molecular complexity index is 768. The highest BCUT2D eigenvalue weighted by atomic mass is 19.1. The maximum absolute atomic E-state index is 13.9. The van der Waals surface area contributed by atoms with Crippen LogP contribution in [-0.4, -0.2) is 60.3 Å². The standard InChI is InChI=1S/C19H22FN5O/c20-15-5-1-2-6-17(15)23-11-13-24(14-12-23)18-8-7-16(21-22-18)19(26)25-9-3-4-10-25/h1-2,5-8H,3-4,9-14H2. The molecule has 26 heavy (non-hydrogen) atoms. The van der Waals surface area contributed by atoms with Crippen molar-refractivity contribution in [3.63, 3.8) is 0 Å². The molecule has 6 nitrogen and oxygen atoms in total. The quantitative estimate of drug-likeness (QED) is 0.845. The fourth-order valence-corrected chi connectivity index (χ4v) is 3.57. The number of nitrogens with zero attached hydrogens (tertiary/aromatic N) is 5. The van der Waals surface area contributed by atoms with E-state index < -0.39 is 0 Å². The molecule has 0 atom stereocenters. The number of rotatable bonds is 3. The van der Waals surface area contributed by atoms with Crippen molar-refractivity contribution in [2.75, 3.05) is 49.1 Å². The van der Waals surface area contributed by atoms with Gasteiger partial charge in [-0.25, -0.2) is 4.39 Å². The Balaban J connectivity index is 1.38. The van der Waals surface area contributed by atoms with Gasteiger partial charge >= 0.3 is 0 Å². The molecule has 1 amide bonds. The predicted octanol–water partition coefficient (Wildman–Crippen LogP) is 2.18. The maximum atomic E-state index is 13.9. The zero-order valence-electron chi connectivity index (χ0n) is 14.6. The Labute approximate surface area is 152 Å². The topological polar surface area (TPSA) is 52.6 Å². The first-order valence-electron chi connectivity index (χ1n) is 9.10. The van der Waals surface area contributed by atoms with Crippen molar-refractivity contribution < 1.29 is 9.18 Å². The molecule has 2 saturated heterocycles. The van der Waals surface area contributed by atoms with Crippen molar-refractivity contribution in [2.45, 2.75) is 12.8 Å². The van der Waals surface area contributed by atoms with Gasteiger partial charge in [-0.15, -0.1) is 10.2 Å². The average molecular weight is 355 g/mol. The number of piperazine rings is 1. The van der Waals surface area contributed by atoms with Gasteiger partial charge in [-0.1, -0.05) is 12.1 Å². The van der Waals surface area contributed by atoms with E-state index in [1.807, 2.05) is 28.0 Å². The minimum Gasteiger partial charge on any atom is -0.366 e. The molecule has 1 aromatic carbocycles. The molecule has 0 saturated carbocycles. The summed E-state index contributed by atoms with van der Waals surface area (Å²) in [6.45, 7) is 4.53. The summed E-state index contributed by atoms with van der Waals surface area (Å²) in [5, 5.41) is 8.38. The summed E-state index contributed by atoms with van der Waals surface area (Å²) < 4.78 is 13.9. The molecule has 0 spiro atoms. The van der Waals surface area contributed by atoms with Crippen LogP contribution in [0.3, 0.4) is 0 Å². The third-order valence-electron chi connectivity index (χ3n) is 5.06. The smallest absolute Gasteiger partial charge is 0.274 e. The Kier molecular flexibility index (Phi) is 4.69. The molecule has 0 aliphatic carbocycles. The molecular weight excluding hydrogens is 333 g/mol. The van der Waals surface area contributed by atoms with Crippen molar-refractivity contribution in [3.8, 4) is 0 Å². The average Bonchev–Trinajstić information content (AvgIpc) is 3.23. The van der Waals surface area contributed by atoms with E-state index in [2.05, 4.69) is 15.1 Å². The Morgan fingerprint density at radius 2 is 1.54 bits per heavy atom. The van der Waals surface area contributed by atoms with Crippen molar-refractivity contribution in [1.29, 1.82) is 0 Å². The summed E-state index contributed by atoms with van der Waals surface area (Å²) in [5.74, 6) is 0.535. The minimum absolute atomic E-state index is 0.0362. The van der Waals surface area contributed by atoms with E-state index in [-0.39, 0.29) is 11.7 Å². The van der Waals surface area contributed by atoms with E-state index >= 15 is 0 Å². The van der Waals surface area contributed by atoms with E-state index in [0.29, 0.717) is 11.4 Å². The molecule has 4 rings (SSSR count).